The van der Waals surface area contributed by atoms with Gasteiger partial charge in [-0.3, -0.25) is 24.9 Å². The van der Waals surface area contributed by atoms with E-state index in [0.717, 1.165) is 105 Å². The Labute approximate surface area is 367 Å². The molecule has 6 heterocycles. The molecule has 0 fully saturated rings. The molecule has 12 rings (SSSR count). The zero-order valence-electron chi connectivity index (χ0n) is 34.2. The highest BCUT2D eigenvalue weighted by atomic mass is 15.0. The summed E-state index contributed by atoms with van der Waals surface area (Å²) < 4.78 is 0. The molecule has 0 aliphatic rings. The third-order valence-electron chi connectivity index (χ3n) is 11.6. The maximum absolute atomic E-state index is 5.33. The van der Waals surface area contributed by atoms with Gasteiger partial charge in [0.25, 0.3) is 0 Å². The van der Waals surface area contributed by atoms with Crippen molar-refractivity contribution in [3.63, 3.8) is 0 Å². The minimum absolute atomic E-state index is 0.506. The Hall–Kier alpha value is -8.88. The second-order valence-electron chi connectivity index (χ2n) is 15.8. The molecule has 0 saturated heterocycles. The summed E-state index contributed by atoms with van der Waals surface area (Å²) in [6, 6.07) is 58.2. The van der Waals surface area contributed by atoms with Crippen molar-refractivity contribution in [1.29, 1.82) is 0 Å². The topological polar surface area (TPSA) is 103 Å². The van der Waals surface area contributed by atoms with Gasteiger partial charge in [-0.1, -0.05) is 72.8 Å². The van der Waals surface area contributed by atoms with Crippen LogP contribution in [-0.4, -0.2) is 39.9 Å². The van der Waals surface area contributed by atoms with Gasteiger partial charge in [0, 0.05) is 97.7 Å². The highest BCUT2D eigenvalue weighted by Crippen LogP contribution is 2.37. The third-order valence-corrected chi connectivity index (χ3v) is 11.6. The van der Waals surface area contributed by atoms with Crippen molar-refractivity contribution in [3.05, 3.63) is 207 Å². The summed E-state index contributed by atoms with van der Waals surface area (Å²) in [5.74, 6) is 1.54. The average molecular weight is 819 g/mol. The smallest absolute Gasteiger partial charge is 0.165 e. The molecule has 0 radical (unpaired) electrons. The highest BCUT2D eigenvalue weighted by Gasteiger charge is 2.18. The Bertz CT molecular complexity index is 3340. The molecule has 6 aromatic carbocycles. The first kappa shape index (κ1) is 36.9. The number of fused-ring (bicyclic) bond motifs is 4. The van der Waals surface area contributed by atoms with Crippen LogP contribution in [0.2, 0.25) is 0 Å². The van der Waals surface area contributed by atoms with Crippen molar-refractivity contribution >= 4 is 43.6 Å². The predicted molar refractivity (Wildman–Crippen MR) is 257 cm³/mol. The quantitative estimate of drug-likeness (QED) is 0.157. The lowest BCUT2D eigenvalue weighted by molar-refractivity contribution is 1.07. The van der Waals surface area contributed by atoms with Crippen LogP contribution < -0.4 is 0 Å². The Morgan fingerprint density at radius 3 is 0.875 bits per heavy atom. The Morgan fingerprint density at radius 1 is 0.234 bits per heavy atom. The molecule has 0 N–H and O–H groups in total. The summed E-state index contributed by atoms with van der Waals surface area (Å²) in [6.07, 6.45) is 11.3. The number of benzene rings is 6. The Kier molecular flexibility index (Phi) is 8.97. The highest BCUT2D eigenvalue weighted by molar-refractivity contribution is 5.91. The summed E-state index contributed by atoms with van der Waals surface area (Å²) in [6.45, 7) is 0. The van der Waals surface area contributed by atoms with Crippen LogP contribution >= 0.6 is 0 Å². The summed E-state index contributed by atoms with van der Waals surface area (Å²) in [5.41, 5.74) is 13.9. The lowest BCUT2D eigenvalue weighted by Gasteiger charge is -2.14. The second-order valence-corrected chi connectivity index (χ2v) is 15.8. The van der Waals surface area contributed by atoms with Gasteiger partial charge in [-0.15, -0.1) is 0 Å². The number of aromatic nitrogens is 8. The number of nitrogens with zero attached hydrogens (tertiary/aromatic N) is 8. The minimum atomic E-state index is 0.506. The first-order chi connectivity index (χ1) is 31.6. The molecule has 0 saturated carbocycles. The molecular weight excluding hydrogens is 785 g/mol. The molecule has 0 aliphatic carbocycles. The van der Waals surface area contributed by atoms with E-state index in [1.54, 1.807) is 12.4 Å². The molecule has 0 spiro atoms. The molecule has 0 aliphatic heterocycles. The number of pyridine rings is 5. The molecule has 6 aromatic heterocycles. The van der Waals surface area contributed by atoms with Gasteiger partial charge >= 0.3 is 0 Å². The number of hydrogen-bond acceptors (Lipinski definition) is 8. The van der Waals surface area contributed by atoms with Gasteiger partial charge in [-0.2, -0.15) is 0 Å². The van der Waals surface area contributed by atoms with Gasteiger partial charge < -0.3 is 0 Å². The maximum atomic E-state index is 5.33. The van der Waals surface area contributed by atoms with Crippen LogP contribution in [0.15, 0.2) is 207 Å². The van der Waals surface area contributed by atoms with E-state index in [9.17, 15) is 0 Å². The van der Waals surface area contributed by atoms with Crippen LogP contribution in [0.25, 0.3) is 122 Å². The fourth-order valence-electron chi connectivity index (χ4n) is 8.35. The van der Waals surface area contributed by atoms with Crippen LogP contribution in [-0.2, 0) is 0 Å². The first-order valence-corrected chi connectivity index (χ1v) is 21.0. The SMILES string of the molecule is c1cncc(-c2nc(-c3cc(-c4cnc5ccccc5c4)cc(-c4cnc5ccccc5c4)c3)nc(-c3cc(-c4cnc5ccccc5c4)cc(-c4cnc5ccccc5c4)c3)n2)c1. The van der Waals surface area contributed by atoms with E-state index < -0.39 is 0 Å². The van der Waals surface area contributed by atoms with Gasteiger partial charge in [0.05, 0.1) is 22.1 Å². The summed E-state index contributed by atoms with van der Waals surface area (Å²) >= 11 is 0. The molecule has 0 amide bonds. The Morgan fingerprint density at radius 2 is 0.547 bits per heavy atom. The van der Waals surface area contributed by atoms with Crippen molar-refractivity contribution in [3.8, 4) is 78.7 Å². The summed E-state index contributed by atoms with van der Waals surface area (Å²) in [4.78, 5) is 39.5. The minimum Gasteiger partial charge on any atom is -0.264 e. The molecule has 64 heavy (non-hydrogen) atoms. The largest absolute Gasteiger partial charge is 0.264 e. The van der Waals surface area contributed by atoms with Gasteiger partial charge in [0.2, 0.25) is 0 Å². The zero-order chi connectivity index (χ0) is 42.4. The third kappa shape index (κ3) is 7.04. The van der Waals surface area contributed by atoms with Crippen molar-refractivity contribution < 1.29 is 0 Å². The van der Waals surface area contributed by atoms with E-state index in [-0.39, 0.29) is 0 Å². The van der Waals surface area contributed by atoms with Gasteiger partial charge in [-0.25, -0.2) is 15.0 Å². The average Bonchev–Trinajstić information content (AvgIpc) is 3.38. The molecule has 0 unspecified atom stereocenters. The van der Waals surface area contributed by atoms with E-state index in [2.05, 4.69) is 89.9 Å². The lowest BCUT2D eigenvalue weighted by Crippen LogP contribution is -2.01. The van der Waals surface area contributed by atoms with E-state index in [4.69, 9.17) is 34.9 Å². The number of para-hydroxylation sites is 4. The van der Waals surface area contributed by atoms with Gasteiger partial charge in [-0.05, 0) is 119 Å². The molecule has 8 heteroatoms. The Balaban J connectivity index is 1.08. The zero-order valence-corrected chi connectivity index (χ0v) is 34.2. The van der Waals surface area contributed by atoms with E-state index in [1.807, 2.05) is 110 Å². The fourth-order valence-corrected chi connectivity index (χ4v) is 8.35. The van der Waals surface area contributed by atoms with Crippen molar-refractivity contribution in [2.24, 2.45) is 0 Å². The van der Waals surface area contributed by atoms with Crippen molar-refractivity contribution in [1.82, 2.24) is 39.9 Å². The standard InChI is InChI=1S/C56H34N8/c1-5-15-50-35(10-1)20-46(31-58-50)40-24-41(47-21-36-11-2-6-16-51(36)59-32-47)27-44(26-40)55-62-54(39-14-9-19-57-30-39)63-56(64-55)45-28-42(48-22-37-12-3-7-17-52(37)60-33-48)25-43(29-45)49-23-38-13-4-8-18-53(38)61-34-49/h1-34H. The van der Waals surface area contributed by atoms with Crippen LogP contribution in [0.5, 0.6) is 0 Å². The van der Waals surface area contributed by atoms with E-state index in [0.29, 0.717) is 17.5 Å². The summed E-state index contributed by atoms with van der Waals surface area (Å²) in [7, 11) is 0. The maximum Gasteiger partial charge on any atom is 0.165 e. The normalized spacial score (nSPS) is 11.4. The predicted octanol–water partition coefficient (Wildman–Crippen LogP) is 13.1. The van der Waals surface area contributed by atoms with E-state index in [1.165, 1.54) is 0 Å². The molecule has 8 nitrogen and oxygen atoms in total. The van der Waals surface area contributed by atoms with Gasteiger partial charge in [0.1, 0.15) is 0 Å². The van der Waals surface area contributed by atoms with E-state index >= 15 is 0 Å². The lowest BCUT2D eigenvalue weighted by atomic mass is 9.95. The van der Waals surface area contributed by atoms with Crippen LogP contribution in [0.3, 0.4) is 0 Å². The van der Waals surface area contributed by atoms with Crippen LogP contribution in [0.1, 0.15) is 0 Å². The van der Waals surface area contributed by atoms with Crippen molar-refractivity contribution in [2.75, 3.05) is 0 Å². The molecule has 298 valence electrons. The fraction of sp³-hybridized carbons (Fsp3) is 0. The molecule has 12 aromatic rings. The second kappa shape index (κ2) is 15.5. The number of hydrogen-bond donors (Lipinski definition) is 0. The molecule has 0 atom stereocenters. The molecule has 0 bridgehead atoms. The monoisotopic (exact) mass is 818 g/mol. The van der Waals surface area contributed by atoms with Gasteiger partial charge in [0.15, 0.2) is 17.5 Å². The molecular formula is C56H34N8. The van der Waals surface area contributed by atoms with Crippen molar-refractivity contribution in [2.45, 2.75) is 0 Å². The van der Waals surface area contributed by atoms with Crippen LogP contribution in [0, 0.1) is 0 Å². The van der Waals surface area contributed by atoms with Crippen LogP contribution in [0.4, 0.5) is 0 Å². The summed E-state index contributed by atoms with van der Waals surface area (Å²) in [5, 5.41) is 4.22. The number of rotatable bonds is 7. The first-order valence-electron chi connectivity index (χ1n) is 21.0.